The zero-order chi connectivity index (χ0) is 12.8. The van der Waals surface area contributed by atoms with Crippen LogP contribution in [0.1, 0.15) is 23.1 Å². The Hall–Kier alpha value is -1.85. The molecule has 0 atom stereocenters. The molecule has 0 aliphatic heterocycles. The van der Waals surface area contributed by atoms with E-state index >= 15 is 0 Å². The molecule has 0 spiro atoms. The van der Waals surface area contributed by atoms with Gasteiger partial charge >= 0.3 is 6.18 Å². The quantitative estimate of drug-likeness (QED) is 0.721. The molecule has 6 heteroatoms. The van der Waals surface area contributed by atoms with Gasteiger partial charge in [0.25, 0.3) is 0 Å². The molecule has 0 saturated heterocycles. The molecule has 1 heterocycles. The standard InChI is InChI=1S/C11H9F3N2O/c1-6(17)10-15-8-5-7(11(12,13)14)3-4-9(8)16(10)2/h3-5H,1-2H3. The first-order chi connectivity index (χ1) is 7.80. The van der Waals surface area contributed by atoms with Crippen molar-refractivity contribution in [1.29, 1.82) is 0 Å². The lowest BCUT2D eigenvalue weighted by molar-refractivity contribution is -0.137. The van der Waals surface area contributed by atoms with Crippen LogP contribution in [0.15, 0.2) is 18.2 Å². The molecule has 0 bridgehead atoms. The number of fused-ring (bicyclic) bond motifs is 1. The average molecular weight is 242 g/mol. The van der Waals surface area contributed by atoms with Gasteiger partial charge in [-0.25, -0.2) is 4.98 Å². The highest BCUT2D eigenvalue weighted by molar-refractivity contribution is 5.94. The first kappa shape index (κ1) is 11.6. The van der Waals surface area contributed by atoms with Gasteiger partial charge in [0.15, 0.2) is 11.6 Å². The zero-order valence-electron chi connectivity index (χ0n) is 9.17. The van der Waals surface area contributed by atoms with E-state index in [1.165, 1.54) is 17.6 Å². The second-order valence-corrected chi connectivity index (χ2v) is 3.75. The van der Waals surface area contributed by atoms with E-state index in [1.807, 2.05) is 0 Å². The number of hydrogen-bond acceptors (Lipinski definition) is 2. The molecule has 0 radical (unpaired) electrons. The Labute approximate surface area is 94.9 Å². The normalized spacial score (nSPS) is 12.1. The maximum absolute atomic E-state index is 12.5. The SMILES string of the molecule is CC(=O)c1nc2cc(C(F)(F)F)ccc2n1C. The third-order valence-corrected chi connectivity index (χ3v) is 2.52. The molecule has 1 aromatic heterocycles. The number of carbonyl (C=O) groups is 1. The van der Waals surface area contributed by atoms with E-state index in [9.17, 15) is 18.0 Å². The van der Waals surface area contributed by atoms with Crippen LogP contribution in [0.25, 0.3) is 11.0 Å². The van der Waals surface area contributed by atoms with Gasteiger partial charge in [0.2, 0.25) is 0 Å². The minimum atomic E-state index is -4.40. The topological polar surface area (TPSA) is 34.9 Å². The van der Waals surface area contributed by atoms with E-state index in [0.29, 0.717) is 5.52 Å². The Bertz CT molecular complexity index is 599. The van der Waals surface area contributed by atoms with Crippen LogP contribution in [-0.2, 0) is 13.2 Å². The summed E-state index contributed by atoms with van der Waals surface area (Å²) in [6.07, 6.45) is -4.40. The van der Waals surface area contributed by atoms with E-state index in [1.54, 1.807) is 7.05 Å². The Morgan fingerprint density at radius 3 is 2.53 bits per heavy atom. The van der Waals surface area contributed by atoms with Crippen LogP contribution in [-0.4, -0.2) is 15.3 Å². The fourth-order valence-corrected chi connectivity index (χ4v) is 1.69. The minimum Gasteiger partial charge on any atom is -0.325 e. The lowest BCUT2D eigenvalue weighted by Gasteiger charge is -2.05. The minimum absolute atomic E-state index is 0.152. The third-order valence-electron chi connectivity index (χ3n) is 2.52. The van der Waals surface area contributed by atoms with Crippen LogP contribution in [0.5, 0.6) is 0 Å². The second kappa shape index (κ2) is 3.58. The Kier molecular flexibility index (Phi) is 2.45. The molecule has 0 aliphatic rings. The fourth-order valence-electron chi connectivity index (χ4n) is 1.69. The van der Waals surface area contributed by atoms with Crippen LogP contribution in [0.2, 0.25) is 0 Å². The van der Waals surface area contributed by atoms with Gasteiger partial charge in [-0.2, -0.15) is 13.2 Å². The number of imidazole rings is 1. The van der Waals surface area contributed by atoms with Gasteiger partial charge in [-0.05, 0) is 18.2 Å². The van der Waals surface area contributed by atoms with Gasteiger partial charge in [-0.1, -0.05) is 0 Å². The van der Waals surface area contributed by atoms with Crippen molar-refractivity contribution < 1.29 is 18.0 Å². The summed E-state index contributed by atoms with van der Waals surface area (Å²) in [7, 11) is 1.60. The Morgan fingerprint density at radius 1 is 1.35 bits per heavy atom. The number of aryl methyl sites for hydroxylation is 1. The predicted octanol–water partition coefficient (Wildman–Crippen LogP) is 2.79. The van der Waals surface area contributed by atoms with E-state index < -0.39 is 11.7 Å². The number of nitrogens with zero attached hydrogens (tertiary/aromatic N) is 2. The number of Topliss-reactive ketones (excluding diaryl/α,β-unsaturated/α-hetero) is 1. The van der Waals surface area contributed by atoms with Crippen molar-refractivity contribution in [2.45, 2.75) is 13.1 Å². The van der Waals surface area contributed by atoms with Crippen LogP contribution >= 0.6 is 0 Å². The third kappa shape index (κ3) is 1.90. The number of ketones is 1. The maximum atomic E-state index is 12.5. The Balaban J connectivity index is 2.68. The summed E-state index contributed by atoms with van der Waals surface area (Å²) in [5, 5.41) is 0. The monoisotopic (exact) mass is 242 g/mol. The van der Waals surface area contributed by atoms with Crippen LogP contribution in [0, 0.1) is 0 Å². The zero-order valence-corrected chi connectivity index (χ0v) is 9.17. The number of benzene rings is 1. The number of carbonyl (C=O) groups excluding carboxylic acids is 1. The molecular weight excluding hydrogens is 233 g/mol. The second-order valence-electron chi connectivity index (χ2n) is 3.75. The van der Waals surface area contributed by atoms with Crippen molar-refractivity contribution in [2.24, 2.45) is 7.05 Å². The molecule has 2 aromatic rings. The molecule has 0 amide bonds. The van der Waals surface area contributed by atoms with Crippen LogP contribution < -0.4 is 0 Å². The maximum Gasteiger partial charge on any atom is 0.416 e. The van der Waals surface area contributed by atoms with E-state index in [2.05, 4.69) is 4.98 Å². The highest BCUT2D eigenvalue weighted by Crippen LogP contribution is 2.31. The van der Waals surface area contributed by atoms with Crippen molar-refractivity contribution >= 4 is 16.8 Å². The van der Waals surface area contributed by atoms with Gasteiger partial charge in [0, 0.05) is 14.0 Å². The van der Waals surface area contributed by atoms with Gasteiger partial charge in [0.1, 0.15) is 0 Å². The molecule has 3 nitrogen and oxygen atoms in total. The number of halogens is 3. The summed E-state index contributed by atoms with van der Waals surface area (Å²) in [5.41, 5.74) is -0.0890. The van der Waals surface area contributed by atoms with Gasteiger partial charge in [0.05, 0.1) is 16.6 Å². The highest BCUT2D eigenvalue weighted by atomic mass is 19.4. The van der Waals surface area contributed by atoms with Gasteiger partial charge < -0.3 is 4.57 Å². The molecule has 1 aromatic carbocycles. The summed E-state index contributed by atoms with van der Waals surface area (Å²) in [6, 6.07) is 3.24. The summed E-state index contributed by atoms with van der Waals surface area (Å²) < 4.78 is 38.9. The molecule has 17 heavy (non-hydrogen) atoms. The smallest absolute Gasteiger partial charge is 0.325 e. The van der Waals surface area contributed by atoms with E-state index in [0.717, 1.165) is 12.1 Å². The predicted molar refractivity (Wildman–Crippen MR) is 55.7 cm³/mol. The number of alkyl halides is 3. The number of hydrogen-bond donors (Lipinski definition) is 0. The lowest BCUT2D eigenvalue weighted by Crippen LogP contribution is -2.04. The molecule has 2 rings (SSSR count). The first-order valence-electron chi connectivity index (χ1n) is 4.85. The molecule has 0 N–H and O–H groups in total. The largest absolute Gasteiger partial charge is 0.416 e. The van der Waals surface area contributed by atoms with Gasteiger partial charge in [-0.15, -0.1) is 0 Å². The molecule has 90 valence electrons. The number of aromatic nitrogens is 2. The molecule has 0 saturated carbocycles. The van der Waals surface area contributed by atoms with E-state index in [4.69, 9.17) is 0 Å². The van der Waals surface area contributed by atoms with Crippen molar-refractivity contribution in [2.75, 3.05) is 0 Å². The molecule has 0 aliphatic carbocycles. The summed E-state index contributed by atoms with van der Waals surface area (Å²) >= 11 is 0. The summed E-state index contributed by atoms with van der Waals surface area (Å²) in [5.74, 6) is -0.128. The van der Waals surface area contributed by atoms with Crippen molar-refractivity contribution in [3.8, 4) is 0 Å². The van der Waals surface area contributed by atoms with Gasteiger partial charge in [-0.3, -0.25) is 4.79 Å². The Morgan fingerprint density at radius 2 is 2.00 bits per heavy atom. The lowest BCUT2D eigenvalue weighted by atomic mass is 10.2. The molecule has 0 unspecified atom stereocenters. The van der Waals surface area contributed by atoms with Crippen molar-refractivity contribution in [1.82, 2.24) is 9.55 Å². The highest BCUT2D eigenvalue weighted by Gasteiger charge is 2.31. The molecular formula is C11H9F3N2O. The van der Waals surface area contributed by atoms with Crippen molar-refractivity contribution in [3.63, 3.8) is 0 Å². The summed E-state index contributed by atoms with van der Waals surface area (Å²) in [6.45, 7) is 1.33. The van der Waals surface area contributed by atoms with Crippen molar-refractivity contribution in [3.05, 3.63) is 29.6 Å². The number of rotatable bonds is 1. The van der Waals surface area contributed by atoms with Crippen LogP contribution in [0.3, 0.4) is 0 Å². The van der Waals surface area contributed by atoms with Crippen LogP contribution in [0.4, 0.5) is 13.2 Å². The first-order valence-corrected chi connectivity index (χ1v) is 4.85. The average Bonchev–Trinajstić information content (AvgIpc) is 2.54. The summed E-state index contributed by atoms with van der Waals surface area (Å²) in [4.78, 5) is 15.1. The van der Waals surface area contributed by atoms with E-state index in [-0.39, 0.29) is 17.1 Å². The fraction of sp³-hybridized carbons (Fsp3) is 0.273. The molecule has 0 fully saturated rings.